The summed E-state index contributed by atoms with van der Waals surface area (Å²) < 4.78 is 7.15. The predicted octanol–water partition coefficient (Wildman–Crippen LogP) is 1.18. The number of methoxy groups -OCH3 is 1. The first-order chi connectivity index (χ1) is 3.68. The molecular formula is C5H14NOP. The third kappa shape index (κ3) is 3.36. The number of hydrogen-bond donors (Lipinski definition) is 0. The molecular weight excluding hydrogens is 121 g/mol. The standard InChI is InChI=1S/C5H14NOP/c1-6(2)8(4)5-7-3/h5H2,1-4H3. The minimum Gasteiger partial charge on any atom is -0.379 e. The molecule has 1 unspecified atom stereocenters. The van der Waals surface area contributed by atoms with Crippen LogP contribution in [0, 0.1) is 0 Å². The second kappa shape index (κ2) is 4.25. The number of nitrogens with zero attached hydrogens (tertiary/aromatic N) is 1. The van der Waals surface area contributed by atoms with Gasteiger partial charge in [-0.3, -0.25) is 4.67 Å². The highest BCUT2D eigenvalue weighted by Crippen LogP contribution is 2.31. The summed E-state index contributed by atoms with van der Waals surface area (Å²) in [6.07, 6.45) is 0.877. The molecule has 2 nitrogen and oxygen atoms in total. The van der Waals surface area contributed by atoms with Gasteiger partial charge in [-0.1, -0.05) is 0 Å². The number of rotatable bonds is 3. The van der Waals surface area contributed by atoms with Crippen molar-refractivity contribution in [3.8, 4) is 0 Å². The SMILES string of the molecule is COCP(C)N(C)C. The summed E-state index contributed by atoms with van der Waals surface area (Å²) in [4.78, 5) is 0. The van der Waals surface area contributed by atoms with E-state index in [2.05, 4.69) is 25.4 Å². The summed E-state index contributed by atoms with van der Waals surface area (Å²) in [7, 11) is 5.86. The molecule has 0 aromatic carbocycles. The van der Waals surface area contributed by atoms with Crippen LogP contribution in [0.1, 0.15) is 0 Å². The molecule has 0 saturated heterocycles. The summed E-state index contributed by atoms with van der Waals surface area (Å²) >= 11 is 0. The maximum Gasteiger partial charge on any atom is 0.0789 e. The summed E-state index contributed by atoms with van der Waals surface area (Å²) in [6.45, 7) is 2.19. The van der Waals surface area contributed by atoms with E-state index in [0.717, 1.165) is 6.35 Å². The van der Waals surface area contributed by atoms with Crippen molar-refractivity contribution in [1.29, 1.82) is 0 Å². The summed E-state index contributed by atoms with van der Waals surface area (Å²) in [5.74, 6) is 0. The average Bonchev–Trinajstić information content (AvgIpc) is 1.67. The molecule has 0 heterocycles. The zero-order chi connectivity index (χ0) is 6.57. The van der Waals surface area contributed by atoms with Crippen LogP contribution in [-0.2, 0) is 4.74 Å². The Bertz CT molecular complexity index is 58.4. The average molecular weight is 135 g/mol. The lowest BCUT2D eigenvalue weighted by atomic mass is 11.3. The minimum absolute atomic E-state index is 0.0285. The molecule has 0 radical (unpaired) electrons. The smallest absolute Gasteiger partial charge is 0.0789 e. The number of hydrogen-bond acceptors (Lipinski definition) is 2. The normalized spacial score (nSPS) is 14.6. The van der Waals surface area contributed by atoms with E-state index in [1.54, 1.807) is 7.11 Å². The van der Waals surface area contributed by atoms with Crippen molar-refractivity contribution in [3.05, 3.63) is 0 Å². The summed E-state index contributed by atoms with van der Waals surface area (Å²) in [5, 5.41) is 0. The highest BCUT2D eigenvalue weighted by molar-refractivity contribution is 7.54. The van der Waals surface area contributed by atoms with Crippen LogP contribution < -0.4 is 0 Å². The van der Waals surface area contributed by atoms with Gasteiger partial charge in [0.05, 0.1) is 6.35 Å². The first-order valence-electron chi connectivity index (χ1n) is 2.55. The van der Waals surface area contributed by atoms with Crippen LogP contribution in [0.15, 0.2) is 0 Å². The first kappa shape index (κ1) is 8.35. The van der Waals surface area contributed by atoms with Crippen LogP contribution in [-0.4, -0.2) is 38.9 Å². The van der Waals surface area contributed by atoms with Crippen LogP contribution in [0.5, 0.6) is 0 Å². The molecule has 0 aliphatic rings. The van der Waals surface area contributed by atoms with Crippen LogP contribution >= 0.6 is 8.07 Å². The molecule has 0 aromatic heterocycles. The largest absolute Gasteiger partial charge is 0.379 e. The molecule has 0 aromatic rings. The van der Waals surface area contributed by atoms with Gasteiger partial charge in [0.2, 0.25) is 0 Å². The molecule has 8 heavy (non-hydrogen) atoms. The van der Waals surface area contributed by atoms with Gasteiger partial charge in [-0.2, -0.15) is 0 Å². The third-order valence-electron chi connectivity index (χ3n) is 0.999. The van der Waals surface area contributed by atoms with Gasteiger partial charge in [-0.25, -0.2) is 0 Å². The monoisotopic (exact) mass is 135 g/mol. The van der Waals surface area contributed by atoms with Crippen molar-refractivity contribution >= 4 is 8.07 Å². The molecule has 0 spiro atoms. The minimum atomic E-state index is -0.0285. The topological polar surface area (TPSA) is 12.5 Å². The molecule has 1 atom stereocenters. The second-order valence-corrected chi connectivity index (χ2v) is 4.30. The van der Waals surface area contributed by atoms with Crippen LogP contribution in [0.25, 0.3) is 0 Å². The zero-order valence-corrected chi connectivity index (χ0v) is 6.90. The van der Waals surface area contributed by atoms with Crippen molar-refractivity contribution in [3.63, 3.8) is 0 Å². The van der Waals surface area contributed by atoms with Gasteiger partial charge in [-0.15, -0.1) is 0 Å². The highest BCUT2D eigenvalue weighted by Gasteiger charge is 2.00. The maximum atomic E-state index is 4.95. The van der Waals surface area contributed by atoms with Crippen molar-refractivity contribution in [2.45, 2.75) is 0 Å². The van der Waals surface area contributed by atoms with E-state index in [4.69, 9.17) is 4.74 Å². The summed E-state index contributed by atoms with van der Waals surface area (Å²) in [6, 6.07) is 0. The Kier molecular flexibility index (Phi) is 4.44. The lowest BCUT2D eigenvalue weighted by Gasteiger charge is -2.17. The van der Waals surface area contributed by atoms with Gasteiger partial charge in [0, 0.05) is 7.11 Å². The van der Waals surface area contributed by atoms with E-state index >= 15 is 0 Å². The fraction of sp³-hybridized carbons (Fsp3) is 1.00. The predicted molar refractivity (Wildman–Crippen MR) is 38.4 cm³/mol. The van der Waals surface area contributed by atoms with E-state index in [-0.39, 0.29) is 8.07 Å². The Labute approximate surface area is 52.6 Å². The first-order valence-corrected chi connectivity index (χ1v) is 4.48. The Morgan fingerprint density at radius 1 is 1.50 bits per heavy atom. The number of ether oxygens (including phenoxy) is 1. The van der Waals surface area contributed by atoms with Gasteiger partial charge >= 0.3 is 0 Å². The molecule has 0 fully saturated rings. The zero-order valence-electron chi connectivity index (χ0n) is 6.01. The van der Waals surface area contributed by atoms with Crippen molar-refractivity contribution in [2.75, 3.05) is 34.2 Å². The highest BCUT2D eigenvalue weighted by atomic mass is 31.1. The summed E-state index contributed by atoms with van der Waals surface area (Å²) in [5.41, 5.74) is 0. The Morgan fingerprint density at radius 2 is 2.00 bits per heavy atom. The van der Waals surface area contributed by atoms with Crippen LogP contribution in [0.3, 0.4) is 0 Å². The Morgan fingerprint density at radius 3 is 2.12 bits per heavy atom. The van der Waals surface area contributed by atoms with Crippen molar-refractivity contribution in [2.24, 2.45) is 0 Å². The molecule has 0 aliphatic heterocycles. The van der Waals surface area contributed by atoms with Gasteiger partial charge in [0.25, 0.3) is 0 Å². The Hall–Kier alpha value is 0.350. The molecule has 0 saturated carbocycles. The third-order valence-corrected chi connectivity index (χ3v) is 3.00. The van der Waals surface area contributed by atoms with E-state index in [0.29, 0.717) is 0 Å². The lowest BCUT2D eigenvalue weighted by molar-refractivity contribution is 0.251. The molecule has 0 N–H and O–H groups in total. The van der Waals surface area contributed by atoms with Crippen molar-refractivity contribution < 1.29 is 4.74 Å². The van der Waals surface area contributed by atoms with Gasteiger partial charge in [0.1, 0.15) is 0 Å². The van der Waals surface area contributed by atoms with Gasteiger partial charge < -0.3 is 4.74 Å². The van der Waals surface area contributed by atoms with E-state index < -0.39 is 0 Å². The van der Waals surface area contributed by atoms with Crippen molar-refractivity contribution in [1.82, 2.24) is 4.67 Å². The lowest BCUT2D eigenvalue weighted by Crippen LogP contribution is -2.06. The fourth-order valence-electron chi connectivity index (χ4n) is 0.302. The second-order valence-electron chi connectivity index (χ2n) is 1.92. The molecule has 50 valence electrons. The van der Waals surface area contributed by atoms with Crippen LogP contribution in [0.2, 0.25) is 0 Å². The van der Waals surface area contributed by atoms with Gasteiger partial charge in [-0.05, 0) is 28.8 Å². The molecule has 0 amide bonds. The maximum absolute atomic E-state index is 4.95. The molecule has 0 rings (SSSR count). The quantitative estimate of drug-likeness (QED) is 0.539. The van der Waals surface area contributed by atoms with E-state index in [9.17, 15) is 0 Å². The molecule has 0 aliphatic carbocycles. The molecule has 3 heteroatoms. The molecule has 0 bridgehead atoms. The Balaban J connectivity index is 3.17. The van der Waals surface area contributed by atoms with E-state index in [1.807, 2.05) is 0 Å². The fourth-order valence-corrected chi connectivity index (χ4v) is 0.907. The van der Waals surface area contributed by atoms with Gasteiger partial charge in [0.15, 0.2) is 0 Å². The van der Waals surface area contributed by atoms with E-state index in [1.165, 1.54) is 0 Å². The van der Waals surface area contributed by atoms with Crippen LogP contribution in [0.4, 0.5) is 0 Å².